The van der Waals surface area contributed by atoms with E-state index in [0.717, 1.165) is 50.4 Å². The van der Waals surface area contributed by atoms with Crippen molar-refractivity contribution in [3.05, 3.63) is 17.5 Å². The van der Waals surface area contributed by atoms with Crippen LogP contribution in [0.2, 0.25) is 0 Å². The van der Waals surface area contributed by atoms with E-state index in [0.29, 0.717) is 0 Å². The lowest BCUT2D eigenvalue weighted by molar-refractivity contribution is 0.0735. The van der Waals surface area contributed by atoms with Crippen LogP contribution >= 0.6 is 0 Å². The van der Waals surface area contributed by atoms with Gasteiger partial charge in [-0.1, -0.05) is 6.92 Å². The van der Waals surface area contributed by atoms with Gasteiger partial charge in [0.25, 0.3) is 5.91 Å². The minimum Gasteiger partial charge on any atom is -0.336 e. The molecule has 1 fully saturated rings. The lowest BCUT2D eigenvalue weighted by atomic mass is 10.2. The van der Waals surface area contributed by atoms with E-state index in [9.17, 15) is 4.79 Å². The fraction of sp³-hybridized carbons (Fsp3) is 0.667. The monoisotopic (exact) mass is 236 g/mol. The highest BCUT2D eigenvalue weighted by Crippen LogP contribution is 2.11. The van der Waals surface area contributed by atoms with E-state index < -0.39 is 0 Å². The predicted molar refractivity (Wildman–Crippen MR) is 66.0 cm³/mol. The van der Waals surface area contributed by atoms with Crippen molar-refractivity contribution in [3.8, 4) is 0 Å². The lowest BCUT2D eigenvalue weighted by Crippen LogP contribution is -2.46. The summed E-state index contributed by atoms with van der Waals surface area (Å²) in [6, 6.07) is 0. The molecule has 0 atom stereocenters. The summed E-state index contributed by atoms with van der Waals surface area (Å²) in [5.74, 6) is 0.117. The van der Waals surface area contributed by atoms with Gasteiger partial charge in [0.2, 0.25) is 0 Å². The van der Waals surface area contributed by atoms with E-state index in [1.54, 1.807) is 6.20 Å². The van der Waals surface area contributed by atoms with Gasteiger partial charge in [0.15, 0.2) is 0 Å². The number of amides is 1. The van der Waals surface area contributed by atoms with E-state index in [2.05, 4.69) is 17.3 Å². The van der Waals surface area contributed by atoms with Crippen LogP contribution in [-0.4, -0.2) is 46.8 Å². The summed E-state index contributed by atoms with van der Waals surface area (Å²) in [7, 11) is 0. The molecule has 1 aromatic heterocycles. The largest absolute Gasteiger partial charge is 0.336 e. The molecule has 0 bridgehead atoms. The van der Waals surface area contributed by atoms with Crippen LogP contribution in [0.1, 0.15) is 29.4 Å². The zero-order chi connectivity index (χ0) is 12.3. The Kier molecular flexibility index (Phi) is 3.78. The molecule has 94 valence electrons. The zero-order valence-corrected chi connectivity index (χ0v) is 10.6. The number of hydrogen-bond donors (Lipinski definition) is 1. The summed E-state index contributed by atoms with van der Waals surface area (Å²) in [6.45, 7) is 8.30. The fourth-order valence-electron chi connectivity index (χ4n) is 2.13. The van der Waals surface area contributed by atoms with Crippen LogP contribution in [0.3, 0.4) is 0 Å². The topological polar surface area (TPSA) is 50.2 Å². The highest BCUT2D eigenvalue weighted by molar-refractivity contribution is 5.95. The molecule has 2 rings (SSSR count). The number of aromatic nitrogens is 2. The molecule has 0 aromatic carbocycles. The van der Waals surface area contributed by atoms with Crippen molar-refractivity contribution in [2.45, 2.75) is 26.8 Å². The number of nitrogens with one attached hydrogen (secondary N) is 1. The first-order chi connectivity index (χ1) is 8.24. The van der Waals surface area contributed by atoms with E-state index in [1.807, 2.05) is 16.5 Å². The van der Waals surface area contributed by atoms with Gasteiger partial charge in [-0.3, -0.25) is 9.48 Å². The van der Waals surface area contributed by atoms with E-state index >= 15 is 0 Å². The normalized spacial score (nSPS) is 16.2. The Bertz CT molecular complexity index is 393. The molecule has 17 heavy (non-hydrogen) atoms. The highest BCUT2D eigenvalue weighted by Gasteiger charge is 2.21. The fourth-order valence-corrected chi connectivity index (χ4v) is 2.13. The van der Waals surface area contributed by atoms with Crippen LogP contribution < -0.4 is 5.32 Å². The summed E-state index contributed by atoms with van der Waals surface area (Å²) in [5.41, 5.74) is 1.73. The van der Waals surface area contributed by atoms with E-state index in [4.69, 9.17) is 0 Å². The maximum absolute atomic E-state index is 12.3. The Morgan fingerprint density at radius 3 is 2.82 bits per heavy atom. The average molecular weight is 236 g/mol. The Labute approximate surface area is 102 Å². The maximum Gasteiger partial charge on any atom is 0.257 e. The van der Waals surface area contributed by atoms with Crippen molar-refractivity contribution >= 4 is 5.91 Å². The number of aryl methyl sites for hydroxylation is 1. The molecule has 5 nitrogen and oxygen atoms in total. The smallest absolute Gasteiger partial charge is 0.257 e. The van der Waals surface area contributed by atoms with Crippen LogP contribution in [0.25, 0.3) is 0 Å². The van der Waals surface area contributed by atoms with Crippen molar-refractivity contribution in [1.29, 1.82) is 0 Å². The van der Waals surface area contributed by atoms with Gasteiger partial charge in [-0.25, -0.2) is 0 Å². The molecule has 5 heteroatoms. The van der Waals surface area contributed by atoms with Crippen LogP contribution in [0.5, 0.6) is 0 Å². The van der Waals surface area contributed by atoms with Crippen LogP contribution in [0.4, 0.5) is 0 Å². The minimum absolute atomic E-state index is 0.117. The number of rotatable bonds is 3. The molecule has 0 aliphatic carbocycles. The molecule has 1 aromatic rings. The van der Waals surface area contributed by atoms with Gasteiger partial charge >= 0.3 is 0 Å². The molecule has 2 heterocycles. The third kappa shape index (κ3) is 2.49. The number of hydrogen-bond acceptors (Lipinski definition) is 3. The van der Waals surface area contributed by atoms with Crippen molar-refractivity contribution in [2.75, 3.05) is 26.2 Å². The third-order valence-corrected chi connectivity index (χ3v) is 3.17. The first kappa shape index (κ1) is 12.1. The van der Waals surface area contributed by atoms with Gasteiger partial charge in [-0.2, -0.15) is 5.10 Å². The summed E-state index contributed by atoms with van der Waals surface area (Å²) in [4.78, 5) is 14.2. The minimum atomic E-state index is 0.117. The Hall–Kier alpha value is -1.36. The van der Waals surface area contributed by atoms with Gasteiger partial charge in [0.05, 0.1) is 11.8 Å². The first-order valence-corrected chi connectivity index (χ1v) is 6.26. The highest BCUT2D eigenvalue weighted by atomic mass is 16.2. The molecule has 1 amide bonds. The summed E-state index contributed by atoms with van der Waals surface area (Å²) >= 11 is 0. The third-order valence-electron chi connectivity index (χ3n) is 3.17. The molecule has 1 aliphatic rings. The second kappa shape index (κ2) is 5.31. The van der Waals surface area contributed by atoms with Crippen molar-refractivity contribution < 1.29 is 4.79 Å². The van der Waals surface area contributed by atoms with Gasteiger partial charge in [-0.15, -0.1) is 0 Å². The van der Waals surface area contributed by atoms with E-state index in [1.165, 1.54) is 0 Å². The van der Waals surface area contributed by atoms with Gasteiger partial charge in [0, 0.05) is 38.4 Å². The predicted octanol–water partition coefficient (Wildman–Crippen LogP) is 0.647. The molecule has 1 saturated heterocycles. The maximum atomic E-state index is 12.3. The molecule has 0 spiro atoms. The van der Waals surface area contributed by atoms with Gasteiger partial charge in [0.1, 0.15) is 0 Å². The molecule has 0 unspecified atom stereocenters. The second-order valence-corrected chi connectivity index (χ2v) is 4.41. The molecule has 1 aliphatic heterocycles. The summed E-state index contributed by atoms with van der Waals surface area (Å²) in [5, 5.41) is 7.52. The SMILES string of the molecule is CCCn1ncc(C(=O)N2CCNCC2)c1C. The quantitative estimate of drug-likeness (QED) is 0.838. The lowest BCUT2D eigenvalue weighted by Gasteiger charge is -2.27. The molecular weight excluding hydrogens is 216 g/mol. The summed E-state index contributed by atoms with van der Waals surface area (Å²) in [6.07, 6.45) is 2.74. The van der Waals surface area contributed by atoms with E-state index in [-0.39, 0.29) is 5.91 Å². The Balaban J connectivity index is 2.13. The zero-order valence-electron chi connectivity index (χ0n) is 10.6. The number of carbonyl (C=O) groups excluding carboxylic acids is 1. The standard InChI is InChI=1S/C12H20N4O/c1-3-6-16-10(2)11(9-14-16)12(17)15-7-4-13-5-8-15/h9,13H,3-8H2,1-2H3. The molecule has 1 N–H and O–H groups in total. The Morgan fingerprint density at radius 1 is 1.47 bits per heavy atom. The average Bonchev–Trinajstić information content (AvgIpc) is 2.72. The van der Waals surface area contributed by atoms with Crippen LogP contribution in [0, 0.1) is 6.92 Å². The van der Waals surface area contributed by atoms with Crippen molar-refractivity contribution in [1.82, 2.24) is 20.0 Å². The number of carbonyl (C=O) groups is 1. The van der Waals surface area contributed by atoms with Gasteiger partial charge in [-0.05, 0) is 13.3 Å². The molecular formula is C12H20N4O. The van der Waals surface area contributed by atoms with Crippen LogP contribution in [0.15, 0.2) is 6.20 Å². The number of piperazine rings is 1. The molecule has 0 radical (unpaired) electrons. The molecule has 0 saturated carbocycles. The second-order valence-electron chi connectivity index (χ2n) is 4.41. The Morgan fingerprint density at radius 2 is 2.18 bits per heavy atom. The summed E-state index contributed by atoms with van der Waals surface area (Å²) < 4.78 is 1.91. The number of nitrogens with zero attached hydrogens (tertiary/aromatic N) is 3. The van der Waals surface area contributed by atoms with Crippen LogP contribution in [-0.2, 0) is 6.54 Å². The van der Waals surface area contributed by atoms with Crippen molar-refractivity contribution in [3.63, 3.8) is 0 Å². The van der Waals surface area contributed by atoms with Crippen molar-refractivity contribution in [2.24, 2.45) is 0 Å². The first-order valence-electron chi connectivity index (χ1n) is 6.26. The van der Waals surface area contributed by atoms with Gasteiger partial charge < -0.3 is 10.2 Å².